The summed E-state index contributed by atoms with van der Waals surface area (Å²) in [6.07, 6.45) is -6.01. The lowest BCUT2D eigenvalue weighted by atomic mass is 9.98. The third kappa shape index (κ3) is 4.04. The molecule has 2 aromatic rings. The highest BCUT2D eigenvalue weighted by atomic mass is 35.5. The number of anilines is 2. The number of nitrogens with zero attached hydrogens (tertiary/aromatic N) is 2. The van der Waals surface area contributed by atoms with E-state index in [1.54, 1.807) is 12.1 Å². The van der Waals surface area contributed by atoms with Gasteiger partial charge in [0.05, 0.1) is 12.3 Å². The van der Waals surface area contributed by atoms with Gasteiger partial charge in [-0.05, 0) is 24.1 Å². The van der Waals surface area contributed by atoms with Crippen LogP contribution >= 0.6 is 11.6 Å². The van der Waals surface area contributed by atoms with Gasteiger partial charge in [0.1, 0.15) is 30.2 Å². The third-order valence-electron chi connectivity index (χ3n) is 4.64. The molecule has 1 unspecified atom stereocenters. The second-order valence-electron chi connectivity index (χ2n) is 6.51. The number of aliphatic hydroxyl groups excluding tert-OH is 4. The minimum atomic E-state index is -1.50. The monoisotopic (exact) mass is 410 g/mol. The van der Waals surface area contributed by atoms with Crippen molar-refractivity contribution in [2.45, 2.75) is 44.0 Å². The molecule has 0 spiro atoms. The number of benzene rings is 1. The van der Waals surface area contributed by atoms with E-state index in [1.165, 1.54) is 0 Å². The summed E-state index contributed by atoms with van der Waals surface area (Å²) < 4.78 is 5.42. The molecule has 5 atom stereocenters. The molecule has 1 aromatic carbocycles. The molecule has 9 nitrogen and oxygen atoms in total. The molecule has 0 bridgehead atoms. The van der Waals surface area contributed by atoms with E-state index in [0.29, 0.717) is 22.7 Å². The van der Waals surface area contributed by atoms with Crippen molar-refractivity contribution in [1.29, 1.82) is 0 Å². The van der Waals surface area contributed by atoms with Crippen molar-refractivity contribution in [3.8, 4) is 11.1 Å². The summed E-state index contributed by atoms with van der Waals surface area (Å²) in [6, 6.07) is 7.13. The van der Waals surface area contributed by atoms with Gasteiger partial charge in [-0.3, -0.25) is 0 Å². The molecule has 1 aliphatic rings. The summed E-state index contributed by atoms with van der Waals surface area (Å²) in [5, 5.41) is 42.6. The summed E-state index contributed by atoms with van der Waals surface area (Å²) in [5.41, 5.74) is 8.32. The Bertz CT molecular complexity index is 820. The lowest BCUT2D eigenvalue weighted by Gasteiger charge is -2.40. The smallest absolute Gasteiger partial charge is 0.226 e. The number of rotatable bonds is 5. The van der Waals surface area contributed by atoms with Crippen molar-refractivity contribution in [2.75, 3.05) is 17.7 Å². The van der Waals surface area contributed by atoms with Gasteiger partial charge in [0.15, 0.2) is 6.23 Å². The van der Waals surface area contributed by atoms with Gasteiger partial charge >= 0.3 is 0 Å². The summed E-state index contributed by atoms with van der Waals surface area (Å²) in [7, 11) is 0. The van der Waals surface area contributed by atoms with Crippen LogP contribution in [0.2, 0.25) is 5.02 Å². The molecule has 0 aliphatic carbocycles. The molecule has 1 aromatic heterocycles. The molecule has 0 radical (unpaired) electrons. The zero-order valence-electron chi connectivity index (χ0n) is 15.2. The Balaban J connectivity index is 1.89. The number of nitrogens with two attached hydrogens (primary N) is 1. The van der Waals surface area contributed by atoms with Crippen LogP contribution < -0.4 is 11.1 Å². The van der Waals surface area contributed by atoms with E-state index in [0.717, 1.165) is 5.56 Å². The topological polar surface area (TPSA) is 154 Å². The number of nitrogen functional groups attached to an aromatic ring is 1. The summed E-state index contributed by atoms with van der Waals surface area (Å²) >= 11 is 5.94. The average molecular weight is 411 g/mol. The fourth-order valence-corrected chi connectivity index (χ4v) is 3.25. The first-order chi connectivity index (χ1) is 13.3. The Kier molecular flexibility index (Phi) is 6.33. The third-order valence-corrected chi connectivity index (χ3v) is 4.90. The highest BCUT2D eigenvalue weighted by Crippen LogP contribution is 2.31. The van der Waals surface area contributed by atoms with Crippen molar-refractivity contribution >= 4 is 23.4 Å². The zero-order valence-corrected chi connectivity index (χ0v) is 15.9. The van der Waals surface area contributed by atoms with E-state index >= 15 is 0 Å². The van der Waals surface area contributed by atoms with Crippen LogP contribution in [0, 0.1) is 0 Å². The predicted molar refractivity (Wildman–Crippen MR) is 104 cm³/mol. The number of halogens is 1. The molecule has 1 aliphatic heterocycles. The minimum Gasteiger partial charge on any atom is -0.394 e. The van der Waals surface area contributed by atoms with Crippen LogP contribution in [0.25, 0.3) is 11.1 Å². The number of nitrogens with one attached hydrogen (secondary N) is 1. The van der Waals surface area contributed by atoms with E-state index in [-0.39, 0.29) is 11.8 Å². The molecule has 0 saturated carbocycles. The van der Waals surface area contributed by atoms with Crippen molar-refractivity contribution < 1.29 is 25.2 Å². The van der Waals surface area contributed by atoms with Gasteiger partial charge in [-0.1, -0.05) is 30.7 Å². The van der Waals surface area contributed by atoms with E-state index in [1.807, 2.05) is 19.1 Å². The molecule has 1 saturated heterocycles. The molecule has 1 fully saturated rings. The Morgan fingerprint density at radius 3 is 2.39 bits per heavy atom. The second-order valence-corrected chi connectivity index (χ2v) is 6.94. The molecule has 0 amide bonds. The van der Waals surface area contributed by atoms with Gasteiger partial charge in [-0.2, -0.15) is 4.98 Å². The number of aryl methyl sites for hydroxylation is 1. The number of aromatic nitrogens is 2. The molecule has 152 valence electrons. The van der Waals surface area contributed by atoms with Crippen LogP contribution in [0.15, 0.2) is 24.3 Å². The van der Waals surface area contributed by atoms with Gasteiger partial charge in [0, 0.05) is 10.6 Å². The largest absolute Gasteiger partial charge is 0.394 e. The number of aliphatic hydroxyl groups is 4. The minimum absolute atomic E-state index is 0.0939. The highest BCUT2D eigenvalue weighted by molar-refractivity contribution is 6.30. The summed E-state index contributed by atoms with van der Waals surface area (Å²) in [5.74, 6) is 0.317. The Labute approximate surface area is 166 Å². The maximum atomic E-state index is 10.2. The fourth-order valence-electron chi connectivity index (χ4n) is 3.13. The standard InChI is InChI=1S/C18H23ClN4O5/c1-2-10-12(8-3-5-9(19)6-4-8)16(20)22-18(21-10)23-17-15(27)14(26)13(25)11(7-24)28-17/h3-6,11,13-15,17,24-27H,2,7H2,1H3,(H3,20,21,22,23)/t11?,13-,14-,15+,17-/m0/s1. The number of hydrogen-bond donors (Lipinski definition) is 6. The molecule has 28 heavy (non-hydrogen) atoms. The maximum absolute atomic E-state index is 10.2. The lowest BCUT2D eigenvalue weighted by Crippen LogP contribution is -2.60. The Hall–Kier alpha value is -2.01. The summed E-state index contributed by atoms with van der Waals surface area (Å²) in [6.45, 7) is 1.39. The highest BCUT2D eigenvalue weighted by Gasteiger charge is 2.43. The molecule has 7 N–H and O–H groups in total. The quantitative estimate of drug-likeness (QED) is 0.404. The zero-order chi connectivity index (χ0) is 20.4. The molecule has 3 rings (SSSR count). The Morgan fingerprint density at radius 1 is 1.11 bits per heavy atom. The van der Waals surface area contributed by atoms with Gasteiger partial charge < -0.3 is 36.2 Å². The first-order valence-electron chi connectivity index (χ1n) is 8.85. The summed E-state index contributed by atoms with van der Waals surface area (Å²) in [4.78, 5) is 8.67. The molecule has 2 heterocycles. The van der Waals surface area contributed by atoms with Crippen molar-refractivity contribution in [2.24, 2.45) is 0 Å². The lowest BCUT2D eigenvalue weighted by molar-refractivity contribution is -0.221. The van der Waals surface area contributed by atoms with E-state index < -0.39 is 37.3 Å². The molecular weight excluding hydrogens is 388 g/mol. The normalized spacial score (nSPS) is 27.6. The van der Waals surface area contributed by atoms with Crippen molar-refractivity contribution in [3.63, 3.8) is 0 Å². The van der Waals surface area contributed by atoms with Crippen LogP contribution in [0.5, 0.6) is 0 Å². The van der Waals surface area contributed by atoms with Crippen LogP contribution in [-0.4, -0.2) is 67.6 Å². The van der Waals surface area contributed by atoms with Crippen LogP contribution in [0.1, 0.15) is 12.6 Å². The van der Waals surface area contributed by atoms with Gasteiger partial charge in [0.25, 0.3) is 0 Å². The first-order valence-corrected chi connectivity index (χ1v) is 9.22. The van der Waals surface area contributed by atoms with Crippen LogP contribution in [0.4, 0.5) is 11.8 Å². The maximum Gasteiger partial charge on any atom is 0.226 e. The van der Waals surface area contributed by atoms with Gasteiger partial charge in [-0.15, -0.1) is 0 Å². The van der Waals surface area contributed by atoms with E-state index in [4.69, 9.17) is 22.1 Å². The van der Waals surface area contributed by atoms with E-state index in [2.05, 4.69) is 15.3 Å². The average Bonchev–Trinajstić information content (AvgIpc) is 2.69. The van der Waals surface area contributed by atoms with Crippen LogP contribution in [-0.2, 0) is 11.2 Å². The first kappa shape index (κ1) is 20.7. The number of ether oxygens (including phenoxy) is 1. The fraction of sp³-hybridized carbons (Fsp3) is 0.444. The SMILES string of the molecule is CCc1nc(N[C@H]2OC(CO)[C@H](O)[C@H](O)[C@H]2O)nc(N)c1-c1ccc(Cl)cc1. The number of hydrogen-bond acceptors (Lipinski definition) is 9. The van der Waals surface area contributed by atoms with E-state index in [9.17, 15) is 20.4 Å². The predicted octanol–water partition coefficient (Wildman–Crippen LogP) is 0.153. The Morgan fingerprint density at radius 2 is 1.79 bits per heavy atom. The van der Waals surface area contributed by atoms with Gasteiger partial charge in [0.2, 0.25) is 5.95 Å². The van der Waals surface area contributed by atoms with Crippen molar-refractivity contribution in [1.82, 2.24) is 9.97 Å². The molecule has 10 heteroatoms. The van der Waals surface area contributed by atoms with Crippen molar-refractivity contribution in [3.05, 3.63) is 35.0 Å². The second kappa shape index (κ2) is 8.56. The van der Waals surface area contributed by atoms with Gasteiger partial charge in [-0.25, -0.2) is 4.98 Å². The molecular formula is C18H23ClN4O5. The van der Waals surface area contributed by atoms with Crippen LogP contribution in [0.3, 0.4) is 0 Å².